The smallest absolute Gasteiger partial charge is 0.390 e. The van der Waals surface area contributed by atoms with Crippen LogP contribution in [0.15, 0.2) is 133 Å². The number of amides is 4. The lowest BCUT2D eigenvalue weighted by atomic mass is 9.66. The topological polar surface area (TPSA) is 194 Å². The highest BCUT2D eigenvalue weighted by Gasteiger charge is 2.66. The molecule has 370 valence electrons. The molecular weight excluding hydrogens is 901 g/mol. The lowest BCUT2D eigenvalue weighted by Crippen LogP contribution is -2.57. The van der Waals surface area contributed by atoms with E-state index in [1.165, 1.54) is 5.48 Å². The normalized spacial score (nSPS) is 15.4. The molecule has 1 saturated heterocycles. The van der Waals surface area contributed by atoms with Crippen molar-refractivity contribution in [2.45, 2.75) is 64.4 Å². The number of nitrogens with one attached hydrogen (secondary N) is 4. The third kappa shape index (κ3) is 12.0. The minimum Gasteiger partial charge on any atom is -0.390 e. The van der Waals surface area contributed by atoms with Gasteiger partial charge in [-0.25, -0.2) is 14.3 Å². The fraction of sp³-hybridized carbons (Fsp3) is 0.358. The van der Waals surface area contributed by atoms with Gasteiger partial charge in [0.15, 0.2) is 0 Å². The first-order chi connectivity index (χ1) is 33.5. The van der Waals surface area contributed by atoms with E-state index in [4.69, 9.17) is 24.0 Å². The summed E-state index contributed by atoms with van der Waals surface area (Å²) in [4.78, 5) is 51.5. The van der Waals surface area contributed by atoms with E-state index in [0.717, 1.165) is 12.1 Å². The number of rotatable bonds is 22. The third-order valence-corrected chi connectivity index (χ3v) is 12.0. The van der Waals surface area contributed by atoms with Crippen LogP contribution in [0.4, 0.5) is 8.78 Å². The minimum absolute atomic E-state index is 0.0156. The summed E-state index contributed by atoms with van der Waals surface area (Å²) in [7, 11) is -1.59. The molecule has 0 aliphatic carbocycles. The number of hydrogen-bond acceptors (Lipinski definition) is 10. The lowest BCUT2D eigenvalue weighted by Gasteiger charge is -2.46. The Morgan fingerprint density at radius 2 is 1.06 bits per heavy atom. The van der Waals surface area contributed by atoms with Crippen molar-refractivity contribution in [3.63, 3.8) is 0 Å². The fourth-order valence-electron chi connectivity index (χ4n) is 8.75. The highest BCUT2D eigenvalue weighted by atomic mass is 19.1. The number of ether oxygens (including phenoxy) is 2. The first kappa shape index (κ1) is 53.0. The highest BCUT2D eigenvalue weighted by molar-refractivity contribution is 6.62. The Bertz CT molecular complexity index is 2330. The van der Waals surface area contributed by atoms with Gasteiger partial charge in [0, 0.05) is 18.7 Å². The average molecular weight is 963 g/mol. The van der Waals surface area contributed by atoms with Crippen LogP contribution in [0.1, 0.15) is 73.7 Å². The van der Waals surface area contributed by atoms with Gasteiger partial charge < -0.3 is 39.8 Å². The molecule has 14 nitrogen and oxygen atoms in total. The van der Waals surface area contributed by atoms with Crippen LogP contribution in [0.25, 0.3) is 0 Å². The van der Waals surface area contributed by atoms with Gasteiger partial charge >= 0.3 is 7.12 Å². The van der Waals surface area contributed by atoms with Crippen molar-refractivity contribution in [2.75, 3.05) is 39.5 Å². The van der Waals surface area contributed by atoms with Crippen molar-refractivity contribution in [3.8, 4) is 0 Å². The third-order valence-electron chi connectivity index (χ3n) is 12.0. The molecule has 5 aromatic rings. The Morgan fingerprint density at radius 3 is 1.44 bits per heavy atom. The molecular formula is C53H61BF2N4O10. The number of carbonyl (C=O) groups excluding carboxylic acids is 4. The highest BCUT2D eigenvalue weighted by Crippen LogP contribution is 2.58. The molecule has 0 spiro atoms. The van der Waals surface area contributed by atoms with E-state index in [-0.39, 0.29) is 57.4 Å². The predicted octanol–water partition coefficient (Wildman–Crippen LogP) is 5.53. The fourth-order valence-corrected chi connectivity index (χ4v) is 8.75. The molecule has 1 aliphatic heterocycles. The van der Waals surface area contributed by atoms with E-state index in [2.05, 4.69) is 16.0 Å². The molecule has 1 aliphatic rings. The summed E-state index contributed by atoms with van der Waals surface area (Å²) in [6.45, 7) is 9.40. The minimum atomic E-state index is -1.82. The van der Waals surface area contributed by atoms with Gasteiger partial charge in [0.2, 0.25) is 11.8 Å². The van der Waals surface area contributed by atoms with E-state index in [1.807, 2.05) is 121 Å². The number of benzene rings is 5. The second kappa shape index (κ2) is 24.0. The van der Waals surface area contributed by atoms with Gasteiger partial charge in [0.05, 0.1) is 37.8 Å². The number of carbonyl (C=O) groups is 4. The number of halogens is 2. The van der Waals surface area contributed by atoms with Crippen LogP contribution >= 0.6 is 0 Å². The van der Waals surface area contributed by atoms with Crippen molar-refractivity contribution >= 4 is 36.2 Å². The van der Waals surface area contributed by atoms with Crippen LogP contribution in [0, 0.1) is 28.9 Å². The van der Waals surface area contributed by atoms with E-state index in [0.29, 0.717) is 22.3 Å². The van der Waals surface area contributed by atoms with Crippen molar-refractivity contribution in [3.05, 3.63) is 173 Å². The summed E-state index contributed by atoms with van der Waals surface area (Å²) < 4.78 is 58.1. The Hall–Kier alpha value is -6.34. The maximum Gasteiger partial charge on any atom is 0.501 e. The van der Waals surface area contributed by atoms with E-state index >= 15 is 8.78 Å². The number of hydroxylamine groups is 1. The first-order valence-electron chi connectivity index (χ1n) is 23.3. The maximum absolute atomic E-state index is 16.5. The van der Waals surface area contributed by atoms with Gasteiger partial charge in [-0.05, 0) is 52.1 Å². The van der Waals surface area contributed by atoms with E-state index in [1.54, 1.807) is 34.6 Å². The Morgan fingerprint density at radius 1 is 0.643 bits per heavy atom. The van der Waals surface area contributed by atoms with Crippen molar-refractivity contribution in [1.82, 2.24) is 21.4 Å². The summed E-state index contributed by atoms with van der Waals surface area (Å²) in [5, 5.41) is 27.4. The zero-order valence-corrected chi connectivity index (χ0v) is 40.0. The summed E-state index contributed by atoms with van der Waals surface area (Å²) in [6.07, 6.45) is -1.70. The van der Waals surface area contributed by atoms with Gasteiger partial charge in [-0.15, -0.1) is 0 Å². The van der Waals surface area contributed by atoms with Crippen LogP contribution in [-0.4, -0.2) is 92.7 Å². The van der Waals surface area contributed by atoms with Crippen LogP contribution in [0.3, 0.4) is 0 Å². The molecule has 4 amide bonds. The molecule has 3 atom stereocenters. The van der Waals surface area contributed by atoms with Crippen LogP contribution < -0.4 is 26.9 Å². The largest absolute Gasteiger partial charge is 0.501 e. The van der Waals surface area contributed by atoms with Crippen molar-refractivity contribution in [1.29, 1.82) is 0 Å². The summed E-state index contributed by atoms with van der Waals surface area (Å²) in [5.74, 6) is -6.44. The average Bonchev–Trinajstić information content (AvgIpc) is 3.72. The monoisotopic (exact) mass is 962 g/mol. The number of aliphatic hydroxyl groups is 1. The number of hydrogen-bond donors (Lipinski definition) is 6. The maximum atomic E-state index is 16.5. The zero-order valence-electron chi connectivity index (χ0n) is 40.0. The van der Waals surface area contributed by atoms with E-state index < -0.39 is 82.5 Å². The van der Waals surface area contributed by atoms with Gasteiger partial charge in [-0.1, -0.05) is 156 Å². The molecule has 6 rings (SSSR count). The molecule has 17 heteroatoms. The summed E-state index contributed by atoms with van der Waals surface area (Å²) in [5.41, 5.74) is -0.367. The molecule has 0 radical (unpaired) electrons. The molecule has 0 unspecified atom stereocenters. The quantitative estimate of drug-likeness (QED) is 0.0222. The molecule has 70 heavy (non-hydrogen) atoms. The first-order valence-corrected chi connectivity index (χ1v) is 23.3. The Balaban J connectivity index is 1.05. The van der Waals surface area contributed by atoms with Gasteiger partial charge in [0.1, 0.15) is 35.0 Å². The molecule has 0 bridgehead atoms. The molecule has 1 fully saturated rings. The van der Waals surface area contributed by atoms with Gasteiger partial charge in [-0.3, -0.25) is 24.4 Å². The SMILES string of the molecule is CC(C)C[C@@H](C(=O)N[C@H](C(=O)NCCOCCOCCNC(=O)c1cc(F)c(B2OC(c3ccccc3)(c3ccccc3)C(c3ccccc3)(c3ccccc3)O2)c(F)c1)C(C)(C)C)[C@H](O)C(=O)NO. The second-order valence-corrected chi connectivity index (χ2v) is 18.5. The molecule has 0 aromatic heterocycles. The molecule has 1 heterocycles. The van der Waals surface area contributed by atoms with Crippen LogP contribution in [0.2, 0.25) is 0 Å². The molecule has 0 saturated carbocycles. The molecule has 5 aromatic carbocycles. The molecule has 6 N–H and O–H groups in total. The van der Waals surface area contributed by atoms with Gasteiger partial charge in [0.25, 0.3) is 11.8 Å². The lowest BCUT2D eigenvalue weighted by molar-refractivity contribution is -0.147. The second-order valence-electron chi connectivity index (χ2n) is 18.5. The van der Waals surface area contributed by atoms with Crippen molar-refractivity contribution < 1.29 is 57.1 Å². The van der Waals surface area contributed by atoms with Crippen LogP contribution in [0.5, 0.6) is 0 Å². The van der Waals surface area contributed by atoms with E-state index in [9.17, 15) is 24.3 Å². The Kier molecular flexibility index (Phi) is 18.2. The van der Waals surface area contributed by atoms with Crippen molar-refractivity contribution in [2.24, 2.45) is 17.3 Å². The summed E-state index contributed by atoms with van der Waals surface area (Å²) >= 11 is 0. The Labute approximate surface area is 407 Å². The predicted molar refractivity (Wildman–Crippen MR) is 258 cm³/mol. The zero-order chi connectivity index (χ0) is 50.5. The standard InChI is InChI=1S/C53H61BF2N4O10/c1-35(2)32-41(45(61)49(64)60-66)48(63)59-46(51(3,4)5)50(65)58-27-29-68-31-30-67-28-26-57-47(62)36-33-42(55)44(43(56)34-36)54-69-52(37-18-10-6-11-19-37,38-20-12-7-13-21-38)53(70-54,39-22-14-8-15-23-39)40-24-16-9-17-25-40/h6-25,33-35,41,45-46,61,66H,26-32H2,1-5H3,(H,57,62)(H,58,65)(H,59,63)(H,60,64)/t41-,45+,46-/m1/s1. The van der Waals surface area contributed by atoms with Gasteiger partial charge in [-0.2, -0.15) is 0 Å². The summed E-state index contributed by atoms with van der Waals surface area (Å²) in [6, 6.07) is 38.6. The number of aliphatic hydroxyl groups excluding tert-OH is 1. The van der Waals surface area contributed by atoms with Crippen LogP contribution in [-0.2, 0) is 44.4 Å².